The first-order chi connectivity index (χ1) is 9.49. The zero-order valence-corrected chi connectivity index (χ0v) is 11.6. The van der Waals surface area contributed by atoms with E-state index < -0.39 is 12.0 Å². The molecule has 0 saturated carbocycles. The molecule has 1 unspecified atom stereocenters. The fraction of sp³-hybridized carbons (Fsp3) is 0.286. The highest BCUT2D eigenvalue weighted by molar-refractivity contribution is 5.77. The average molecular weight is 272 g/mol. The molecule has 2 heterocycles. The molecule has 104 valence electrons. The normalized spacial score (nSPS) is 11.9. The number of rotatable bonds is 4. The van der Waals surface area contributed by atoms with Gasteiger partial charge in [0, 0.05) is 36.8 Å². The van der Waals surface area contributed by atoms with Crippen LogP contribution in [0, 0.1) is 6.92 Å². The molecule has 0 aliphatic carbocycles. The molecule has 0 fully saturated rings. The minimum absolute atomic E-state index is 0.562. The SMILES string of the molecule is Cc1cc(N(C)C(C)C(=O)O)nc(-c2ccncc2)n1. The summed E-state index contributed by atoms with van der Waals surface area (Å²) in [6.07, 6.45) is 3.34. The van der Waals surface area contributed by atoms with Crippen molar-refractivity contribution in [1.82, 2.24) is 15.0 Å². The second-order valence-electron chi connectivity index (χ2n) is 4.55. The molecule has 2 aromatic rings. The highest BCUT2D eigenvalue weighted by Crippen LogP contribution is 2.20. The quantitative estimate of drug-likeness (QED) is 0.913. The number of aliphatic carboxylic acids is 1. The van der Waals surface area contributed by atoms with Gasteiger partial charge >= 0.3 is 5.97 Å². The maximum absolute atomic E-state index is 11.1. The molecule has 1 atom stereocenters. The Bertz CT molecular complexity index is 616. The van der Waals surface area contributed by atoms with Crippen molar-refractivity contribution in [3.63, 3.8) is 0 Å². The maximum Gasteiger partial charge on any atom is 0.326 e. The number of carboxylic acids is 1. The van der Waals surface area contributed by atoms with Gasteiger partial charge in [-0.15, -0.1) is 0 Å². The summed E-state index contributed by atoms with van der Waals surface area (Å²) in [5, 5.41) is 9.08. The Morgan fingerprint density at radius 2 is 1.95 bits per heavy atom. The van der Waals surface area contributed by atoms with Crippen LogP contribution in [0.15, 0.2) is 30.6 Å². The van der Waals surface area contributed by atoms with E-state index in [4.69, 9.17) is 5.11 Å². The zero-order chi connectivity index (χ0) is 14.7. The second-order valence-corrected chi connectivity index (χ2v) is 4.55. The molecule has 0 aliphatic rings. The lowest BCUT2D eigenvalue weighted by molar-refractivity contribution is -0.138. The van der Waals surface area contributed by atoms with Gasteiger partial charge in [0.2, 0.25) is 0 Å². The highest BCUT2D eigenvalue weighted by atomic mass is 16.4. The molecule has 0 aliphatic heterocycles. The molecule has 0 saturated heterocycles. The van der Waals surface area contributed by atoms with E-state index in [9.17, 15) is 4.79 Å². The van der Waals surface area contributed by atoms with Gasteiger partial charge in [0.05, 0.1) is 0 Å². The van der Waals surface area contributed by atoms with Crippen molar-refractivity contribution in [3.05, 3.63) is 36.3 Å². The Kier molecular flexibility index (Phi) is 3.93. The van der Waals surface area contributed by atoms with Gasteiger partial charge in [-0.3, -0.25) is 4.98 Å². The predicted octanol–water partition coefficient (Wildman–Crippen LogP) is 1.76. The van der Waals surface area contributed by atoms with Gasteiger partial charge in [-0.05, 0) is 26.0 Å². The van der Waals surface area contributed by atoms with E-state index in [1.165, 1.54) is 0 Å². The fourth-order valence-corrected chi connectivity index (χ4v) is 1.73. The number of hydrogen-bond acceptors (Lipinski definition) is 5. The molecule has 20 heavy (non-hydrogen) atoms. The Labute approximate surface area is 117 Å². The maximum atomic E-state index is 11.1. The number of carbonyl (C=O) groups is 1. The van der Waals surface area contributed by atoms with Crippen LogP contribution in [0.4, 0.5) is 5.82 Å². The fourth-order valence-electron chi connectivity index (χ4n) is 1.73. The summed E-state index contributed by atoms with van der Waals surface area (Å²) < 4.78 is 0. The summed E-state index contributed by atoms with van der Waals surface area (Å²) >= 11 is 0. The third-order valence-electron chi connectivity index (χ3n) is 3.08. The number of pyridine rings is 1. The summed E-state index contributed by atoms with van der Waals surface area (Å²) in [7, 11) is 1.71. The molecular weight excluding hydrogens is 256 g/mol. The van der Waals surface area contributed by atoms with E-state index in [1.807, 2.05) is 19.1 Å². The second kappa shape index (κ2) is 5.64. The molecule has 6 nitrogen and oxygen atoms in total. The van der Waals surface area contributed by atoms with Crippen LogP contribution >= 0.6 is 0 Å². The van der Waals surface area contributed by atoms with Crippen LogP contribution in [0.2, 0.25) is 0 Å². The molecule has 0 radical (unpaired) electrons. The lowest BCUT2D eigenvalue weighted by Gasteiger charge is -2.23. The molecular formula is C14H16N4O2. The summed E-state index contributed by atoms with van der Waals surface area (Å²) in [4.78, 5) is 25.4. The van der Waals surface area contributed by atoms with Gasteiger partial charge in [-0.1, -0.05) is 0 Å². The van der Waals surface area contributed by atoms with Crippen molar-refractivity contribution in [2.45, 2.75) is 19.9 Å². The van der Waals surface area contributed by atoms with Crippen LogP contribution in [0.5, 0.6) is 0 Å². The standard InChI is InChI=1S/C14H16N4O2/c1-9-8-12(18(3)10(2)14(19)20)17-13(16-9)11-4-6-15-7-5-11/h4-8,10H,1-3H3,(H,19,20). The highest BCUT2D eigenvalue weighted by Gasteiger charge is 2.19. The molecule has 0 aromatic carbocycles. The molecule has 2 rings (SSSR count). The largest absolute Gasteiger partial charge is 0.480 e. The number of hydrogen-bond donors (Lipinski definition) is 1. The number of aromatic nitrogens is 3. The van der Waals surface area contributed by atoms with Crippen molar-refractivity contribution in [2.24, 2.45) is 0 Å². The first-order valence-electron chi connectivity index (χ1n) is 6.20. The van der Waals surface area contributed by atoms with Crippen molar-refractivity contribution in [2.75, 3.05) is 11.9 Å². The zero-order valence-electron chi connectivity index (χ0n) is 11.6. The first-order valence-corrected chi connectivity index (χ1v) is 6.20. The van der Waals surface area contributed by atoms with Crippen LogP contribution in [-0.2, 0) is 4.79 Å². The van der Waals surface area contributed by atoms with Gasteiger partial charge in [0.25, 0.3) is 0 Å². The van der Waals surface area contributed by atoms with E-state index in [1.54, 1.807) is 37.3 Å². The molecule has 0 spiro atoms. The number of aryl methyl sites for hydroxylation is 1. The van der Waals surface area contributed by atoms with Crippen LogP contribution in [0.25, 0.3) is 11.4 Å². The van der Waals surface area contributed by atoms with Gasteiger partial charge < -0.3 is 10.0 Å². The Hall–Kier alpha value is -2.50. The summed E-state index contributed by atoms with van der Waals surface area (Å²) in [5.41, 5.74) is 1.63. The van der Waals surface area contributed by atoms with E-state index >= 15 is 0 Å². The molecule has 0 amide bonds. The van der Waals surface area contributed by atoms with Crippen LogP contribution in [-0.4, -0.2) is 39.1 Å². The molecule has 0 bridgehead atoms. The monoisotopic (exact) mass is 272 g/mol. The number of carboxylic acid groups (broad SMARTS) is 1. The number of nitrogens with zero attached hydrogens (tertiary/aromatic N) is 4. The molecule has 1 N–H and O–H groups in total. The summed E-state index contributed by atoms with van der Waals surface area (Å²) in [6.45, 7) is 3.47. The van der Waals surface area contributed by atoms with Crippen molar-refractivity contribution >= 4 is 11.8 Å². The predicted molar refractivity (Wildman–Crippen MR) is 75.5 cm³/mol. The topological polar surface area (TPSA) is 79.2 Å². The van der Waals surface area contributed by atoms with E-state index in [2.05, 4.69) is 15.0 Å². The Balaban J connectivity index is 2.42. The van der Waals surface area contributed by atoms with Gasteiger partial charge in [-0.25, -0.2) is 14.8 Å². The minimum atomic E-state index is -0.894. The van der Waals surface area contributed by atoms with Gasteiger partial charge in [-0.2, -0.15) is 0 Å². The van der Waals surface area contributed by atoms with E-state index in [-0.39, 0.29) is 0 Å². The van der Waals surface area contributed by atoms with Gasteiger partial charge in [0.15, 0.2) is 5.82 Å². The molecule has 2 aromatic heterocycles. The third kappa shape index (κ3) is 2.90. The van der Waals surface area contributed by atoms with Crippen LogP contribution in [0.3, 0.4) is 0 Å². The smallest absolute Gasteiger partial charge is 0.326 e. The molecule has 6 heteroatoms. The lowest BCUT2D eigenvalue weighted by Crippen LogP contribution is -2.36. The minimum Gasteiger partial charge on any atom is -0.480 e. The number of anilines is 1. The van der Waals surface area contributed by atoms with Crippen molar-refractivity contribution in [1.29, 1.82) is 0 Å². The average Bonchev–Trinajstić information content (AvgIpc) is 2.45. The Morgan fingerprint density at radius 3 is 2.55 bits per heavy atom. The first kappa shape index (κ1) is 13.9. The van der Waals surface area contributed by atoms with E-state index in [0.717, 1.165) is 11.3 Å². The third-order valence-corrected chi connectivity index (χ3v) is 3.08. The van der Waals surface area contributed by atoms with Crippen LogP contribution in [0.1, 0.15) is 12.6 Å². The van der Waals surface area contributed by atoms with Crippen molar-refractivity contribution in [3.8, 4) is 11.4 Å². The Morgan fingerprint density at radius 1 is 1.30 bits per heavy atom. The number of likely N-dealkylation sites (N-methyl/N-ethyl adjacent to an activating group) is 1. The van der Waals surface area contributed by atoms with Crippen LogP contribution < -0.4 is 4.90 Å². The van der Waals surface area contributed by atoms with Crippen molar-refractivity contribution < 1.29 is 9.90 Å². The van der Waals surface area contributed by atoms with Gasteiger partial charge in [0.1, 0.15) is 11.9 Å². The van der Waals surface area contributed by atoms with E-state index in [0.29, 0.717) is 11.6 Å². The lowest BCUT2D eigenvalue weighted by atomic mass is 10.2. The summed E-state index contributed by atoms with van der Waals surface area (Å²) in [5.74, 6) is 0.250. The summed E-state index contributed by atoms with van der Waals surface area (Å²) in [6, 6.07) is 4.75.